The number of rotatable bonds is 0. The molecule has 34 valence electrons. The van der Waals surface area contributed by atoms with Crippen LogP contribution in [0.25, 0.3) is 0 Å². The zero-order chi connectivity index (χ0) is 3.58. The van der Waals surface area contributed by atoms with Crippen molar-refractivity contribution in [3.05, 3.63) is 0 Å². The first-order valence-corrected chi connectivity index (χ1v) is 1.71. The van der Waals surface area contributed by atoms with Crippen molar-refractivity contribution in [2.24, 2.45) is 5.14 Å². The normalized spacial score (nSPS) is 12.4. The predicted octanol–water partition coefficient (Wildman–Crippen LogP) is -1.26. The fraction of sp³-hybridized carbons (Fsp3) is 0. The molecule has 0 amide bonds. The van der Waals surface area contributed by atoms with Gasteiger partial charge in [0, 0.05) is 28.3 Å². The van der Waals surface area contributed by atoms with Crippen molar-refractivity contribution >= 4 is 11.3 Å². The third-order valence-electron chi connectivity index (χ3n) is 0. The van der Waals surface area contributed by atoms with Crippen molar-refractivity contribution in [1.29, 1.82) is 0 Å². The SMILES string of the molecule is NS(=O)[O-].[Fe]. The van der Waals surface area contributed by atoms with Gasteiger partial charge in [-0.05, 0) is 0 Å². The summed E-state index contributed by atoms with van der Waals surface area (Å²) in [6.07, 6.45) is 0. The molecule has 1 atom stereocenters. The van der Waals surface area contributed by atoms with Gasteiger partial charge >= 0.3 is 0 Å². The van der Waals surface area contributed by atoms with Gasteiger partial charge in [-0.2, -0.15) is 0 Å². The van der Waals surface area contributed by atoms with Crippen molar-refractivity contribution in [2.75, 3.05) is 0 Å². The molecule has 0 saturated heterocycles. The van der Waals surface area contributed by atoms with Gasteiger partial charge in [-0.25, -0.2) is 0 Å². The van der Waals surface area contributed by atoms with E-state index < -0.39 is 11.3 Å². The Kier molecular flexibility index (Phi) is 8.39. The molecule has 0 aromatic heterocycles. The van der Waals surface area contributed by atoms with Crippen LogP contribution in [0.1, 0.15) is 0 Å². The van der Waals surface area contributed by atoms with Crippen LogP contribution in [0.2, 0.25) is 0 Å². The average molecular weight is 136 g/mol. The summed E-state index contributed by atoms with van der Waals surface area (Å²) >= 11 is -2.36. The molecule has 2 N–H and O–H groups in total. The maximum absolute atomic E-state index is 8.78. The van der Waals surface area contributed by atoms with Gasteiger partial charge in [0.05, 0.1) is 0 Å². The van der Waals surface area contributed by atoms with Gasteiger partial charge in [-0.3, -0.25) is 9.35 Å². The standard InChI is InChI=1S/Fe.H3NO2S/c;1-4(2)3/h;1H2,(H,2,3)/p-1. The summed E-state index contributed by atoms with van der Waals surface area (Å²) in [6, 6.07) is 0. The van der Waals surface area contributed by atoms with Crippen molar-refractivity contribution in [3.8, 4) is 0 Å². The van der Waals surface area contributed by atoms with Gasteiger partial charge in [0.15, 0.2) is 0 Å². The Balaban J connectivity index is 0. The van der Waals surface area contributed by atoms with E-state index in [2.05, 4.69) is 5.14 Å². The molecule has 1 unspecified atom stereocenters. The summed E-state index contributed by atoms with van der Waals surface area (Å²) in [5, 5.41) is 4.03. The number of hydrogen-bond acceptors (Lipinski definition) is 2. The molecule has 5 heteroatoms. The first-order chi connectivity index (χ1) is 1.73. The largest absolute Gasteiger partial charge is 0.760 e. The minimum absolute atomic E-state index is 0. The summed E-state index contributed by atoms with van der Waals surface area (Å²) in [7, 11) is 0. The molecule has 0 rings (SSSR count). The van der Waals surface area contributed by atoms with Gasteiger partial charge in [0.1, 0.15) is 0 Å². The Bertz CT molecular complexity index is 32.6. The Hall–Kier alpha value is 0.589. The molecular weight excluding hydrogens is 134 g/mol. The van der Waals surface area contributed by atoms with Crippen LogP contribution in [0.15, 0.2) is 0 Å². The molecule has 0 aliphatic heterocycles. The van der Waals surface area contributed by atoms with Crippen LogP contribution in [0.3, 0.4) is 0 Å². The van der Waals surface area contributed by atoms with Gasteiger partial charge < -0.3 is 4.55 Å². The maximum Gasteiger partial charge on any atom is 0.0152 e. The molecule has 0 saturated carbocycles. The van der Waals surface area contributed by atoms with E-state index in [-0.39, 0.29) is 17.1 Å². The Morgan fingerprint density at radius 2 is 1.80 bits per heavy atom. The zero-order valence-corrected chi connectivity index (χ0v) is 4.08. The minimum Gasteiger partial charge on any atom is -0.760 e. The molecule has 0 spiro atoms. The van der Waals surface area contributed by atoms with Gasteiger partial charge in [0.25, 0.3) is 0 Å². The molecule has 5 heavy (non-hydrogen) atoms. The molecule has 0 aromatic carbocycles. The van der Waals surface area contributed by atoms with Crippen LogP contribution in [-0.4, -0.2) is 8.76 Å². The Morgan fingerprint density at radius 3 is 1.80 bits per heavy atom. The molecule has 0 aliphatic rings. The van der Waals surface area contributed by atoms with Gasteiger partial charge in [-0.15, -0.1) is 0 Å². The quantitative estimate of drug-likeness (QED) is 0.333. The van der Waals surface area contributed by atoms with E-state index >= 15 is 0 Å². The third-order valence-corrected chi connectivity index (χ3v) is 0. The smallest absolute Gasteiger partial charge is 0.0152 e. The van der Waals surface area contributed by atoms with Crippen LogP contribution >= 0.6 is 0 Å². The van der Waals surface area contributed by atoms with Crippen molar-refractivity contribution in [3.63, 3.8) is 0 Å². The molecule has 0 aliphatic carbocycles. The van der Waals surface area contributed by atoms with E-state index in [1.807, 2.05) is 0 Å². The maximum atomic E-state index is 8.78. The van der Waals surface area contributed by atoms with E-state index in [1.54, 1.807) is 0 Å². The average Bonchev–Trinajstić information content (AvgIpc) is 0.811. The van der Waals surface area contributed by atoms with E-state index in [0.717, 1.165) is 0 Å². The number of nitrogens with two attached hydrogens (primary N) is 1. The van der Waals surface area contributed by atoms with Crippen LogP contribution in [-0.2, 0) is 28.3 Å². The number of hydrogen-bond donors (Lipinski definition) is 1. The molecule has 0 radical (unpaired) electrons. The van der Waals surface area contributed by atoms with Crippen LogP contribution in [0, 0.1) is 0 Å². The van der Waals surface area contributed by atoms with Crippen molar-refractivity contribution in [2.45, 2.75) is 0 Å². The summed E-state index contributed by atoms with van der Waals surface area (Å²) in [6.45, 7) is 0. The zero-order valence-electron chi connectivity index (χ0n) is 2.16. The van der Waals surface area contributed by atoms with Crippen LogP contribution < -0.4 is 5.14 Å². The fourth-order valence-electron chi connectivity index (χ4n) is 0. The molecular formula is H2FeNO2S-. The summed E-state index contributed by atoms with van der Waals surface area (Å²) < 4.78 is 17.6. The monoisotopic (exact) mass is 136 g/mol. The topological polar surface area (TPSA) is 66.2 Å². The van der Waals surface area contributed by atoms with Gasteiger partial charge in [-0.1, -0.05) is 0 Å². The molecule has 0 fully saturated rings. The molecule has 0 bridgehead atoms. The van der Waals surface area contributed by atoms with E-state index in [4.69, 9.17) is 8.76 Å². The second-order valence-corrected chi connectivity index (χ2v) is 0.781. The van der Waals surface area contributed by atoms with E-state index in [0.29, 0.717) is 0 Å². The first-order valence-electron chi connectivity index (χ1n) is 0.569. The van der Waals surface area contributed by atoms with Crippen molar-refractivity contribution in [1.82, 2.24) is 0 Å². The summed E-state index contributed by atoms with van der Waals surface area (Å²) in [4.78, 5) is 0. The van der Waals surface area contributed by atoms with E-state index in [1.165, 1.54) is 0 Å². The first kappa shape index (κ1) is 9.14. The molecule has 3 nitrogen and oxygen atoms in total. The predicted molar refractivity (Wildman–Crippen MR) is 13.1 cm³/mol. The summed E-state index contributed by atoms with van der Waals surface area (Å²) in [5.41, 5.74) is 0. The fourth-order valence-corrected chi connectivity index (χ4v) is 0. The van der Waals surface area contributed by atoms with E-state index in [9.17, 15) is 0 Å². The molecule has 0 aromatic rings. The Morgan fingerprint density at radius 1 is 1.80 bits per heavy atom. The third kappa shape index (κ3) is 88.6. The Labute approximate surface area is 42.8 Å². The second-order valence-electron chi connectivity index (χ2n) is 0.260. The second kappa shape index (κ2) is 4.59. The van der Waals surface area contributed by atoms with Crippen LogP contribution in [0.5, 0.6) is 0 Å². The molecule has 0 heterocycles. The van der Waals surface area contributed by atoms with Crippen molar-refractivity contribution < 1.29 is 25.8 Å². The summed E-state index contributed by atoms with van der Waals surface area (Å²) in [5.74, 6) is 0. The van der Waals surface area contributed by atoms with Gasteiger partial charge in [0.2, 0.25) is 0 Å². The van der Waals surface area contributed by atoms with Crippen LogP contribution in [0.4, 0.5) is 0 Å². The minimum atomic E-state index is -2.36.